The molecule has 0 aromatic carbocycles. The molecule has 0 N–H and O–H groups in total. The Morgan fingerprint density at radius 1 is 0.861 bits per heavy atom. The van der Waals surface area contributed by atoms with Crippen LogP contribution in [-0.2, 0) is 54.2 Å². The van der Waals surface area contributed by atoms with Gasteiger partial charge in [0.15, 0.2) is 36.1 Å². The standard InChI is InChI=1S/C23H31NO12/c1-11(25)30-10-17-18(32-12(2)26)19(33-13(3)27)20(34-14(4)28)22(35-17)31-9-15-8-16(24-36-15)21(29)23(5,6)7/h8,17-20,22H,9-10H2,1-7H3/t17-,18-,19+,20+,22+/m1/s1. The quantitative estimate of drug-likeness (QED) is 0.265. The van der Waals surface area contributed by atoms with E-state index in [0.717, 1.165) is 20.8 Å². The van der Waals surface area contributed by atoms with Gasteiger partial charge in [-0.05, 0) is 0 Å². The van der Waals surface area contributed by atoms with Crippen LogP contribution in [-0.4, -0.2) is 72.1 Å². The lowest BCUT2D eigenvalue weighted by Crippen LogP contribution is -2.62. The molecule has 0 amide bonds. The van der Waals surface area contributed by atoms with Gasteiger partial charge in [-0.2, -0.15) is 0 Å². The fraction of sp³-hybridized carbons (Fsp3) is 0.652. The van der Waals surface area contributed by atoms with Crippen LogP contribution in [0.25, 0.3) is 0 Å². The summed E-state index contributed by atoms with van der Waals surface area (Å²) in [4.78, 5) is 59.3. The van der Waals surface area contributed by atoms with Crippen molar-refractivity contribution in [3.63, 3.8) is 0 Å². The van der Waals surface area contributed by atoms with Crippen LogP contribution in [0.2, 0.25) is 0 Å². The van der Waals surface area contributed by atoms with Crippen LogP contribution in [0, 0.1) is 5.41 Å². The molecule has 13 heteroatoms. The highest BCUT2D eigenvalue weighted by atomic mass is 16.7. The molecule has 0 unspecified atom stereocenters. The number of nitrogens with zero attached hydrogens (tertiary/aromatic N) is 1. The first kappa shape index (κ1) is 28.9. The van der Waals surface area contributed by atoms with E-state index in [1.54, 1.807) is 20.8 Å². The number of carbonyl (C=O) groups excluding carboxylic acids is 5. The topological polar surface area (TPSA) is 167 Å². The van der Waals surface area contributed by atoms with Crippen molar-refractivity contribution in [3.05, 3.63) is 17.5 Å². The molecule has 1 aromatic heterocycles. The van der Waals surface area contributed by atoms with Gasteiger partial charge in [-0.25, -0.2) is 0 Å². The third kappa shape index (κ3) is 8.12. The number of hydrogen-bond acceptors (Lipinski definition) is 13. The van der Waals surface area contributed by atoms with Crippen molar-refractivity contribution in [2.75, 3.05) is 6.61 Å². The number of hydrogen-bond donors (Lipinski definition) is 0. The minimum absolute atomic E-state index is 0.0997. The number of ketones is 1. The summed E-state index contributed by atoms with van der Waals surface area (Å²) in [5, 5.41) is 3.76. The van der Waals surface area contributed by atoms with Crippen molar-refractivity contribution in [1.29, 1.82) is 0 Å². The predicted octanol–water partition coefficient (Wildman–Crippen LogP) is 1.50. The highest BCUT2D eigenvalue weighted by Crippen LogP contribution is 2.30. The molecule has 2 heterocycles. The van der Waals surface area contributed by atoms with Crippen molar-refractivity contribution in [2.45, 2.75) is 85.8 Å². The van der Waals surface area contributed by atoms with Crippen molar-refractivity contribution < 1.29 is 56.9 Å². The van der Waals surface area contributed by atoms with Crippen LogP contribution in [0.3, 0.4) is 0 Å². The maximum atomic E-state index is 12.4. The summed E-state index contributed by atoms with van der Waals surface area (Å²) in [5.41, 5.74) is -0.586. The number of ether oxygens (including phenoxy) is 6. The van der Waals surface area contributed by atoms with Crippen molar-refractivity contribution >= 4 is 29.7 Å². The highest BCUT2D eigenvalue weighted by Gasteiger charge is 2.52. The zero-order valence-corrected chi connectivity index (χ0v) is 21.2. The number of carbonyl (C=O) groups is 5. The molecular formula is C23H31NO12. The van der Waals surface area contributed by atoms with E-state index in [1.165, 1.54) is 13.0 Å². The van der Waals surface area contributed by atoms with Gasteiger partial charge in [0.05, 0.1) is 0 Å². The summed E-state index contributed by atoms with van der Waals surface area (Å²) < 4.78 is 37.7. The fourth-order valence-electron chi connectivity index (χ4n) is 3.36. The molecule has 0 bridgehead atoms. The molecule has 1 aliphatic rings. The minimum atomic E-state index is -1.38. The summed E-state index contributed by atoms with van der Waals surface area (Å²) in [5.74, 6) is -2.98. The zero-order valence-electron chi connectivity index (χ0n) is 21.2. The van der Waals surface area contributed by atoms with Crippen LogP contribution >= 0.6 is 0 Å². The first-order valence-electron chi connectivity index (χ1n) is 11.1. The number of Topliss-reactive ketones (excluding diaryl/α,β-unsaturated/α-hetero) is 1. The van der Waals surface area contributed by atoms with Gasteiger partial charge in [0.25, 0.3) is 0 Å². The van der Waals surface area contributed by atoms with E-state index in [-0.39, 0.29) is 30.5 Å². The maximum Gasteiger partial charge on any atom is 0.303 e. The first-order chi connectivity index (χ1) is 16.7. The smallest absolute Gasteiger partial charge is 0.303 e. The van der Waals surface area contributed by atoms with Crippen molar-refractivity contribution in [1.82, 2.24) is 5.16 Å². The van der Waals surface area contributed by atoms with E-state index in [1.807, 2.05) is 0 Å². The lowest BCUT2D eigenvalue weighted by atomic mass is 9.89. The molecule has 0 saturated carbocycles. The minimum Gasteiger partial charge on any atom is -0.463 e. The molecular weight excluding hydrogens is 482 g/mol. The molecule has 1 aromatic rings. The average Bonchev–Trinajstić information content (AvgIpc) is 3.21. The molecule has 2 rings (SSSR count). The van der Waals surface area contributed by atoms with Gasteiger partial charge in [-0.15, -0.1) is 0 Å². The summed E-state index contributed by atoms with van der Waals surface area (Å²) in [6.45, 7) is 9.06. The normalized spacial score (nSPS) is 23.9. The van der Waals surface area contributed by atoms with Gasteiger partial charge in [-0.3, -0.25) is 24.0 Å². The van der Waals surface area contributed by atoms with E-state index in [0.29, 0.717) is 0 Å². The third-order valence-electron chi connectivity index (χ3n) is 4.81. The molecule has 1 fully saturated rings. The third-order valence-corrected chi connectivity index (χ3v) is 4.81. The number of rotatable bonds is 9. The molecule has 0 radical (unpaired) electrons. The Morgan fingerprint density at radius 3 is 1.94 bits per heavy atom. The highest BCUT2D eigenvalue weighted by molar-refractivity contribution is 5.98. The first-order valence-corrected chi connectivity index (χ1v) is 11.1. The van der Waals surface area contributed by atoms with Crippen molar-refractivity contribution in [3.8, 4) is 0 Å². The van der Waals surface area contributed by atoms with E-state index in [9.17, 15) is 24.0 Å². The fourth-order valence-corrected chi connectivity index (χ4v) is 3.36. The summed E-state index contributed by atoms with van der Waals surface area (Å²) in [6, 6.07) is 1.40. The van der Waals surface area contributed by atoms with E-state index in [2.05, 4.69) is 5.16 Å². The lowest BCUT2D eigenvalue weighted by molar-refractivity contribution is -0.311. The molecule has 36 heavy (non-hydrogen) atoms. The van der Waals surface area contributed by atoms with Crippen LogP contribution in [0.4, 0.5) is 0 Å². The predicted molar refractivity (Wildman–Crippen MR) is 117 cm³/mol. The second-order valence-electron chi connectivity index (χ2n) is 9.14. The largest absolute Gasteiger partial charge is 0.463 e. The molecule has 1 saturated heterocycles. The summed E-state index contributed by atoms with van der Waals surface area (Å²) >= 11 is 0. The average molecular weight is 513 g/mol. The summed E-state index contributed by atoms with van der Waals surface area (Å²) in [6.07, 6.45) is -6.55. The van der Waals surface area contributed by atoms with E-state index >= 15 is 0 Å². The van der Waals surface area contributed by atoms with Gasteiger partial charge < -0.3 is 32.9 Å². The van der Waals surface area contributed by atoms with Crippen LogP contribution < -0.4 is 0 Å². The van der Waals surface area contributed by atoms with Gasteiger partial charge in [0.2, 0.25) is 0 Å². The second kappa shape index (κ2) is 12.1. The Kier molecular flexibility index (Phi) is 9.70. The molecule has 0 aliphatic carbocycles. The molecule has 200 valence electrons. The Balaban J connectivity index is 2.34. The van der Waals surface area contributed by atoms with Gasteiger partial charge >= 0.3 is 23.9 Å². The van der Waals surface area contributed by atoms with Crippen LogP contribution in [0.15, 0.2) is 10.6 Å². The monoisotopic (exact) mass is 513 g/mol. The maximum absolute atomic E-state index is 12.4. The second-order valence-corrected chi connectivity index (χ2v) is 9.14. The Bertz CT molecular complexity index is 978. The molecule has 1 aliphatic heterocycles. The SMILES string of the molecule is CC(=O)OC[C@H]1O[C@H](OCc2cc(C(=O)C(C)(C)C)no2)[C@@H](OC(C)=O)[C@@H](OC(C)=O)[C@@H]1OC(C)=O. The number of aromatic nitrogens is 1. The van der Waals surface area contributed by atoms with Gasteiger partial charge in [-0.1, -0.05) is 25.9 Å². The summed E-state index contributed by atoms with van der Waals surface area (Å²) in [7, 11) is 0. The van der Waals surface area contributed by atoms with E-state index in [4.69, 9.17) is 32.9 Å². The number of esters is 4. The van der Waals surface area contributed by atoms with Crippen molar-refractivity contribution in [2.24, 2.45) is 5.41 Å². The van der Waals surface area contributed by atoms with Gasteiger partial charge in [0, 0.05) is 39.2 Å². The van der Waals surface area contributed by atoms with Gasteiger partial charge in [0.1, 0.15) is 25.0 Å². The Labute approximate surface area is 207 Å². The van der Waals surface area contributed by atoms with Crippen LogP contribution in [0.5, 0.6) is 0 Å². The molecule has 0 spiro atoms. The lowest BCUT2D eigenvalue weighted by Gasteiger charge is -2.43. The zero-order chi connectivity index (χ0) is 27.2. The Hall–Kier alpha value is -3.32. The Morgan fingerprint density at radius 2 is 1.42 bits per heavy atom. The molecule has 5 atom stereocenters. The molecule has 13 nitrogen and oxygen atoms in total. The van der Waals surface area contributed by atoms with Crippen LogP contribution in [0.1, 0.15) is 64.7 Å². The van der Waals surface area contributed by atoms with E-state index < -0.39 is 60.0 Å².